The fourth-order valence-electron chi connectivity index (χ4n) is 3.06. The molecule has 0 spiro atoms. The molecule has 0 radical (unpaired) electrons. The van der Waals surface area contributed by atoms with Gasteiger partial charge in [0.1, 0.15) is 11.3 Å². The number of nitrogens with two attached hydrogens (primary N) is 1. The Morgan fingerprint density at radius 2 is 2.00 bits per heavy atom. The molecule has 4 amide bonds. The zero-order valence-corrected chi connectivity index (χ0v) is 16.4. The topological polar surface area (TPSA) is 102 Å². The number of amides is 4. The van der Waals surface area contributed by atoms with Gasteiger partial charge < -0.3 is 15.8 Å². The predicted molar refractivity (Wildman–Crippen MR) is 102 cm³/mol. The van der Waals surface area contributed by atoms with Crippen molar-refractivity contribution >= 4 is 33.8 Å². The molecule has 3 rings (SSSR count). The van der Waals surface area contributed by atoms with Crippen LogP contribution in [0.25, 0.3) is 0 Å². The van der Waals surface area contributed by atoms with E-state index in [1.165, 1.54) is 13.2 Å². The van der Waals surface area contributed by atoms with Crippen LogP contribution >= 0.6 is 15.9 Å². The van der Waals surface area contributed by atoms with Gasteiger partial charge in [0.15, 0.2) is 0 Å². The third kappa shape index (κ3) is 3.40. The number of halogens is 1. The quantitative estimate of drug-likeness (QED) is 0.709. The maximum absolute atomic E-state index is 13.1. The van der Waals surface area contributed by atoms with Crippen molar-refractivity contribution in [1.29, 1.82) is 0 Å². The summed E-state index contributed by atoms with van der Waals surface area (Å²) >= 11 is 3.38. The number of carbonyl (C=O) groups is 3. The molecule has 7 nitrogen and oxygen atoms in total. The van der Waals surface area contributed by atoms with Crippen LogP contribution in [0.3, 0.4) is 0 Å². The number of carbonyl (C=O) groups excluding carboxylic acids is 3. The molecular weight excluding hydrogens is 414 g/mol. The minimum Gasteiger partial charge on any atom is -0.496 e. The molecule has 1 atom stereocenters. The zero-order chi connectivity index (χ0) is 19.8. The van der Waals surface area contributed by atoms with Crippen molar-refractivity contribution in [2.24, 2.45) is 5.73 Å². The average Bonchev–Trinajstić information content (AvgIpc) is 2.86. The van der Waals surface area contributed by atoms with Crippen LogP contribution in [0.2, 0.25) is 0 Å². The third-order valence-electron chi connectivity index (χ3n) is 4.57. The van der Waals surface area contributed by atoms with Crippen LogP contribution in [0.1, 0.15) is 28.4 Å². The van der Waals surface area contributed by atoms with Gasteiger partial charge in [0.2, 0.25) is 5.91 Å². The Balaban J connectivity index is 1.94. The average molecular weight is 432 g/mol. The third-order valence-corrected chi connectivity index (χ3v) is 5.06. The fourth-order valence-corrected chi connectivity index (χ4v) is 3.47. The first-order valence-electron chi connectivity index (χ1n) is 8.13. The molecule has 1 aliphatic rings. The molecule has 1 fully saturated rings. The second kappa shape index (κ2) is 7.03. The molecule has 2 aromatic rings. The molecule has 1 heterocycles. The molecule has 0 bridgehead atoms. The summed E-state index contributed by atoms with van der Waals surface area (Å²) in [7, 11) is 1.53. The summed E-state index contributed by atoms with van der Waals surface area (Å²) in [6.07, 6.45) is 0. The van der Waals surface area contributed by atoms with Gasteiger partial charge in [-0.05, 0) is 42.8 Å². The Hall–Kier alpha value is -2.87. The Bertz CT molecular complexity index is 946. The highest BCUT2D eigenvalue weighted by Gasteiger charge is 2.49. The van der Waals surface area contributed by atoms with Gasteiger partial charge >= 0.3 is 6.03 Å². The molecule has 8 heteroatoms. The molecule has 1 saturated heterocycles. The van der Waals surface area contributed by atoms with Crippen LogP contribution in [-0.2, 0) is 16.9 Å². The number of nitrogens with one attached hydrogen (secondary N) is 1. The highest BCUT2D eigenvalue weighted by atomic mass is 79.9. The molecule has 1 aliphatic heterocycles. The number of urea groups is 1. The van der Waals surface area contributed by atoms with Crippen LogP contribution in [0.5, 0.6) is 5.75 Å². The summed E-state index contributed by atoms with van der Waals surface area (Å²) < 4.78 is 6.13. The molecule has 140 valence electrons. The number of nitrogens with zero attached hydrogens (tertiary/aromatic N) is 1. The van der Waals surface area contributed by atoms with Gasteiger partial charge in [-0.25, -0.2) is 4.79 Å². The first-order valence-corrected chi connectivity index (χ1v) is 8.92. The van der Waals surface area contributed by atoms with Crippen molar-refractivity contribution in [3.63, 3.8) is 0 Å². The number of hydrogen-bond donors (Lipinski definition) is 2. The standard InChI is InChI=1S/C19H18BrN3O4/c1-19(13-5-3-4-11(8-13)16(21)24)17(25)23(18(26)22-19)10-12-9-14(20)6-7-15(12)27-2/h3-9H,10H2,1-2H3,(H2,21,24)(H,22,26). The lowest BCUT2D eigenvalue weighted by Crippen LogP contribution is -2.41. The van der Waals surface area contributed by atoms with Crippen LogP contribution in [-0.4, -0.2) is 29.9 Å². The van der Waals surface area contributed by atoms with Crippen LogP contribution in [0.15, 0.2) is 46.9 Å². The number of methoxy groups -OCH3 is 1. The van der Waals surface area contributed by atoms with Gasteiger partial charge in [0.05, 0.1) is 13.7 Å². The van der Waals surface area contributed by atoms with E-state index in [-0.39, 0.29) is 12.1 Å². The van der Waals surface area contributed by atoms with E-state index in [9.17, 15) is 14.4 Å². The van der Waals surface area contributed by atoms with Crippen molar-refractivity contribution in [1.82, 2.24) is 10.2 Å². The lowest BCUT2D eigenvalue weighted by atomic mass is 9.90. The van der Waals surface area contributed by atoms with Gasteiger partial charge in [0, 0.05) is 15.6 Å². The van der Waals surface area contributed by atoms with E-state index in [4.69, 9.17) is 10.5 Å². The zero-order valence-electron chi connectivity index (χ0n) is 14.8. The van der Waals surface area contributed by atoms with Crippen LogP contribution < -0.4 is 15.8 Å². The molecule has 0 saturated carbocycles. The minimum absolute atomic E-state index is 0.0539. The summed E-state index contributed by atoms with van der Waals surface area (Å²) in [4.78, 5) is 38.2. The van der Waals surface area contributed by atoms with E-state index in [2.05, 4.69) is 21.2 Å². The van der Waals surface area contributed by atoms with Gasteiger partial charge in [-0.1, -0.05) is 28.1 Å². The first kappa shape index (κ1) is 18.9. The van der Waals surface area contributed by atoms with E-state index in [1.807, 2.05) is 6.07 Å². The van der Waals surface area contributed by atoms with Gasteiger partial charge in [-0.3, -0.25) is 14.5 Å². The number of imide groups is 1. The fraction of sp³-hybridized carbons (Fsp3) is 0.211. The second-order valence-electron chi connectivity index (χ2n) is 6.35. The Morgan fingerprint density at radius 1 is 1.26 bits per heavy atom. The van der Waals surface area contributed by atoms with Gasteiger partial charge in [-0.2, -0.15) is 0 Å². The molecule has 3 N–H and O–H groups in total. The van der Waals surface area contributed by atoms with Crippen LogP contribution in [0.4, 0.5) is 4.79 Å². The summed E-state index contributed by atoms with van der Waals surface area (Å²) in [5.41, 5.74) is 5.47. The molecule has 1 unspecified atom stereocenters. The summed E-state index contributed by atoms with van der Waals surface area (Å²) in [5.74, 6) is -0.452. The summed E-state index contributed by atoms with van der Waals surface area (Å²) in [5, 5.41) is 2.72. The molecule has 0 aromatic heterocycles. The molecule has 2 aromatic carbocycles. The highest BCUT2D eigenvalue weighted by Crippen LogP contribution is 2.32. The Morgan fingerprint density at radius 3 is 2.67 bits per heavy atom. The normalized spacial score (nSPS) is 19.1. The van der Waals surface area contributed by atoms with Crippen molar-refractivity contribution < 1.29 is 19.1 Å². The van der Waals surface area contributed by atoms with Crippen LogP contribution in [0, 0.1) is 0 Å². The smallest absolute Gasteiger partial charge is 0.325 e. The number of rotatable bonds is 5. The molecule has 27 heavy (non-hydrogen) atoms. The summed E-state index contributed by atoms with van der Waals surface area (Å²) in [6, 6.07) is 11.2. The number of hydrogen-bond acceptors (Lipinski definition) is 4. The maximum atomic E-state index is 13.1. The Kier molecular flexibility index (Phi) is 4.93. The minimum atomic E-state index is -1.29. The molecular formula is C19H18BrN3O4. The monoisotopic (exact) mass is 431 g/mol. The van der Waals surface area contributed by atoms with Crippen molar-refractivity contribution in [2.45, 2.75) is 19.0 Å². The van der Waals surface area contributed by atoms with Gasteiger partial charge in [0.25, 0.3) is 5.91 Å². The van der Waals surface area contributed by atoms with Crippen molar-refractivity contribution in [3.05, 3.63) is 63.6 Å². The lowest BCUT2D eigenvalue weighted by Gasteiger charge is -2.23. The predicted octanol–water partition coefficient (Wildman–Crippen LogP) is 2.52. The van der Waals surface area contributed by atoms with Crippen molar-refractivity contribution in [2.75, 3.05) is 7.11 Å². The van der Waals surface area contributed by atoms with E-state index in [1.54, 1.807) is 37.3 Å². The number of ether oxygens (including phenoxy) is 1. The largest absolute Gasteiger partial charge is 0.496 e. The van der Waals surface area contributed by atoms with E-state index < -0.39 is 23.4 Å². The van der Waals surface area contributed by atoms with Crippen molar-refractivity contribution in [3.8, 4) is 5.75 Å². The first-order chi connectivity index (χ1) is 12.8. The van der Waals surface area contributed by atoms with E-state index in [0.717, 1.165) is 9.37 Å². The highest BCUT2D eigenvalue weighted by molar-refractivity contribution is 9.10. The number of primary amides is 1. The summed E-state index contributed by atoms with van der Waals surface area (Å²) in [6.45, 7) is 1.66. The van der Waals surface area contributed by atoms with Gasteiger partial charge in [-0.15, -0.1) is 0 Å². The molecule has 0 aliphatic carbocycles. The van der Waals surface area contributed by atoms with E-state index >= 15 is 0 Å². The van der Waals surface area contributed by atoms with E-state index in [0.29, 0.717) is 16.9 Å². The number of benzene rings is 2. The Labute approximate surface area is 164 Å². The SMILES string of the molecule is COc1ccc(Br)cc1CN1C(=O)NC(C)(c2cccc(C(N)=O)c2)C1=O. The second-order valence-corrected chi connectivity index (χ2v) is 7.26. The maximum Gasteiger partial charge on any atom is 0.325 e. The lowest BCUT2D eigenvalue weighted by molar-refractivity contribution is -0.131.